The minimum Gasteiger partial charge on any atom is -0.350 e. The number of hydrogen-bond acceptors (Lipinski definition) is 5. The Labute approximate surface area is 170 Å². The largest absolute Gasteiger partial charge is 0.350 e. The summed E-state index contributed by atoms with van der Waals surface area (Å²) in [6.45, 7) is 3.75. The highest BCUT2D eigenvalue weighted by Crippen LogP contribution is 2.30. The Kier molecular flexibility index (Phi) is 5.76. The molecule has 0 bridgehead atoms. The Hall–Kier alpha value is -2.93. The molecule has 1 amide bonds. The lowest BCUT2D eigenvalue weighted by atomic mass is 10.0. The molecule has 2 saturated heterocycles. The van der Waals surface area contributed by atoms with Gasteiger partial charge in [-0.25, -0.2) is 0 Å². The number of hydrogen-bond donors (Lipinski definition) is 1. The highest BCUT2D eigenvalue weighted by molar-refractivity contribution is 5.96. The smallest absolute Gasteiger partial charge is 0.293 e. The molecule has 0 unspecified atom stereocenters. The number of nitrogens with zero attached hydrogens (tertiary/aromatic N) is 3. The van der Waals surface area contributed by atoms with Crippen molar-refractivity contribution in [3.05, 3.63) is 64.2 Å². The lowest BCUT2D eigenvalue weighted by Crippen LogP contribution is -2.45. The van der Waals surface area contributed by atoms with Crippen LogP contribution in [0.25, 0.3) is 0 Å². The van der Waals surface area contributed by atoms with Gasteiger partial charge in [-0.15, -0.1) is 0 Å². The number of likely N-dealkylation sites (tertiary alicyclic amines) is 2. The van der Waals surface area contributed by atoms with Crippen molar-refractivity contribution in [2.75, 3.05) is 31.5 Å². The molecular formula is C22H26N4O3. The normalized spacial score (nSPS) is 18.0. The highest BCUT2D eigenvalue weighted by Gasteiger charge is 2.29. The first-order chi connectivity index (χ1) is 14.1. The summed E-state index contributed by atoms with van der Waals surface area (Å²) in [5, 5.41) is 14.7. The summed E-state index contributed by atoms with van der Waals surface area (Å²) < 4.78 is 0. The molecule has 0 aliphatic carbocycles. The number of amides is 1. The van der Waals surface area contributed by atoms with E-state index in [4.69, 9.17) is 0 Å². The molecule has 2 fully saturated rings. The Bertz CT molecular complexity index is 873. The average molecular weight is 394 g/mol. The van der Waals surface area contributed by atoms with Crippen molar-refractivity contribution in [3.8, 4) is 0 Å². The third-order valence-corrected chi connectivity index (χ3v) is 5.90. The van der Waals surface area contributed by atoms with Gasteiger partial charge in [0.05, 0.1) is 4.92 Å². The SMILES string of the molecule is O=C(c1ccc(Nc2ccccc2)c([N+](=O)[O-])c1)N1CCC(N2CCCC2)CC1. The number of anilines is 2. The van der Waals surface area contributed by atoms with Gasteiger partial charge in [0.2, 0.25) is 0 Å². The molecule has 7 nitrogen and oxygen atoms in total. The van der Waals surface area contributed by atoms with Crippen molar-refractivity contribution in [1.29, 1.82) is 0 Å². The zero-order valence-corrected chi connectivity index (χ0v) is 16.4. The molecule has 2 aromatic rings. The van der Waals surface area contributed by atoms with Gasteiger partial charge in [0.25, 0.3) is 11.6 Å². The number of carbonyl (C=O) groups is 1. The van der Waals surface area contributed by atoms with E-state index in [1.54, 1.807) is 12.1 Å². The third-order valence-electron chi connectivity index (χ3n) is 5.90. The molecule has 4 rings (SSSR count). The van der Waals surface area contributed by atoms with Gasteiger partial charge in [0, 0.05) is 36.4 Å². The fourth-order valence-electron chi connectivity index (χ4n) is 4.32. The molecule has 2 heterocycles. The first-order valence-electron chi connectivity index (χ1n) is 10.3. The van der Waals surface area contributed by atoms with Crippen molar-refractivity contribution in [2.45, 2.75) is 31.7 Å². The second-order valence-corrected chi connectivity index (χ2v) is 7.75. The molecule has 0 atom stereocenters. The van der Waals surface area contributed by atoms with Crippen molar-refractivity contribution < 1.29 is 9.72 Å². The molecule has 0 radical (unpaired) electrons. The summed E-state index contributed by atoms with van der Waals surface area (Å²) in [7, 11) is 0. The van der Waals surface area contributed by atoms with Crippen LogP contribution in [0.1, 0.15) is 36.0 Å². The van der Waals surface area contributed by atoms with Crippen LogP contribution >= 0.6 is 0 Å². The topological polar surface area (TPSA) is 78.7 Å². The van der Waals surface area contributed by atoms with E-state index in [1.807, 2.05) is 35.2 Å². The quantitative estimate of drug-likeness (QED) is 0.612. The van der Waals surface area contributed by atoms with E-state index in [1.165, 1.54) is 32.0 Å². The number of nitro benzene ring substituents is 1. The van der Waals surface area contributed by atoms with E-state index in [9.17, 15) is 14.9 Å². The number of carbonyl (C=O) groups excluding carboxylic acids is 1. The van der Waals surface area contributed by atoms with E-state index in [0.717, 1.165) is 18.5 Å². The van der Waals surface area contributed by atoms with Gasteiger partial charge in [-0.3, -0.25) is 14.9 Å². The maximum absolute atomic E-state index is 12.9. The van der Waals surface area contributed by atoms with Gasteiger partial charge in [0.1, 0.15) is 5.69 Å². The molecule has 1 N–H and O–H groups in total. The molecule has 2 aliphatic heterocycles. The molecule has 29 heavy (non-hydrogen) atoms. The predicted molar refractivity (Wildman–Crippen MR) is 113 cm³/mol. The number of piperidine rings is 1. The number of rotatable bonds is 5. The molecule has 0 spiro atoms. The Morgan fingerprint density at radius 2 is 1.69 bits per heavy atom. The number of para-hydroxylation sites is 1. The van der Waals surface area contributed by atoms with Gasteiger partial charge in [-0.1, -0.05) is 18.2 Å². The maximum Gasteiger partial charge on any atom is 0.293 e. The van der Waals surface area contributed by atoms with Crippen LogP contribution in [0.2, 0.25) is 0 Å². The third kappa shape index (κ3) is 4.40. The molecule has 2 aromatic carbocycles. The summed E-state index contributed by atoms with van der Waals surface area (Å²) in [6.07, 6.45) is 4.49. The molecule has 0 aromatic heterocycles. The van der Waals surface area contributed by atoms with Gasteiger partial charge >= 0.3 is 0 Å². The summed E-state index contributed by atoms with van der Waals surface area (Å²) in [5.74, 6) is -0.126. The van der Waals surface area contributed by atoms with Crippen molar-refractivity contribution in [3.63, 3.8) is 0 Å². The first kappa shape index (κ1) is 19.4. The summed E-state index contributed by atoms with van der Waals surface area (Å²) in [5.41, 5.74) is 1.42. The lowest BCUT2D eigenvalue weighted by molar-refractivity contribution is -0.383. The fraction of sp³-hybridized carbons (Fsp3) is 0.409. The van der Waals surface area contributed by atoms with Crippen LogP contribution in [0.5, 0.6) is 0 Å². The predicted octanol–water partition coefficient (Wildman–Crippen LogP) is 4.04. The highest BCUT2D eigenvalue weighted by atomic mass is 16.6. The molecule has 7 heteroatoms. The molecule has 2 aliphatic rings. The first-order valence-corrected chi connectivity index (χ1v) is 10.3. The maximum atomic E-state index is 12.9. The summed E-state index contributed by atoms with van der Waals surface area (Å²) in [4.78, 5) is 28.5. The zero-order chi connectivity index (χ0) is 20.2. The summed E-state index contributed by atoms with van der Waals surface area (Å²) in [6, 6.07) is 14.5. The van der Waals surface area contributed by atoms with Crippen LogP contribution in [-0.4, -0.2) is 52.9 Å². The Balaban J connectivity index is 1.46. The van der Waals surface area contributed by atoms with E-state index in [2.05, 4.69) is 10.2 Å². The molecular weight excluding hydrogens is 368 g/mol. The number of nitro groups is 1. The van der Waals surface area contributed by atoms with E-state index >= 15 is 0 Å². The fourth-order valence-corrected chi connectivity index (χ4v) is 4.32. The lowest BCUT2D eigenvalue weighted by Gasteiger charge is -2.36. The van der Waals surface area contributed by atoms with Crippen molar-refractivity contribution >= 4 is 23.0 Å². The van der Waals surface area contributed by atoms with E-state index < -0.39 is 4.92 Å². The van der Waals surface area contributed by atoms with Crippen molar-refractivity contribution in [2.24, 2.45) is 0 Å². The van der Waals surface area contributed by atoms with Crippen LogP contribution in [-0.2, 0) is 0 Å². The Morgan fingerprint density at radius 1 is 1.00 bits per heavy atom. The van der Waals surface area contributed by atoms with Gasteiger partial charge in [-0.05, 0) is 63.0 Å². The van der Waals surface area contributed by atoms with Crippen LogP contribution in [0.4, 0.5) is 17.1 Å². The second-order valence-electron chi connectivity index (χ2n) is 7.75. The molecule has 0 saturated carbocycles. The van der Waals surface area contributed by atoms with Crippen LogP contribution in [0.15, 0.2) is 48.5 Å². The average Bonchev–Trinajstić information content (AvgIpc) is 3.29. The monoisotopic (exact) mass is 394 g/mol. The Morgan fingerprint density at radius 3 is 2.34 bits per heavy atom. The van der Waals surface area contributed by atoms with Crippen molar-refractivity contribution in [1.82, 2.24) is 9.80 Å². The standard InChI is InChI=1S/C22H26N4O3/c27-22(25-14-10-19(11-15-25)24-12-4-5-13-24)17-8-9-20(21(16-17)26(28)29)23-18-6-2-1-3-7-18/h1-3,6-9,16,19,23H,4-5,10-15H2. The van der Waals surface area contributed by atoms with Gasteiger partial charge in [-0.2, -0.15) is 0 Å². The number of nitrogens with one attached hydrogen (secondary N) is 1. The van der Waals surface area contributed by atoms with Crippen LogP contribution in [0.3, 0.4) is 0 Å². The van der Waals surface area contributed by atoms with Gasteiger partial charge in [0.15, 0.2) is 0 Å². The minimum absolute atomic E-state index is 0.0911. The van der Waals surface area contributed by atoms with Crippen LogP contribution in [0, 0.1) is 10.1 Å². The minimum atomic E-state index is -0.443. The summed E-state index contributed by atoms with van der Waals surface area (Å²) >= 11 is 0. The number of benzene rings is 2. The zero-order valence-electron chi connectivity index (χ0n) is 16.4. The van der Waals surface area contributed by atoms with Crippen LogP contribution < -0.4 is 5.32 Å². The molecule has 152 valence electrons. The second kappa shape index (κ2) is 8.61. The van der Waals surface area contributed by atoms with Gasteiger partial charge < -0.3 is 15.1 Å². The van der Waals surface area contributed by atoms with E-state index in [0.29, 0.717) is 30.4 Å². The van der Waals surface area contributed by atoms with E-state index in [-0.39, 0.29) is 11.6 Å².